The van der Waals surface area contributed by atoms with Crippen molar-refractivity contribution in [3.63, 3.8) is 0 Å². The third-order valence-corrected chi connectivity index (χ3v) is 7.22. The molecule has 1 aliphatic rings. The Labute approximate surface area is 276 Å². The molecule has 3 atom stereocenters. The quantitative estimate of drug-likeness (QED) is 0.100. The van der Waals surface area contributed by atoms with Gasteiger partial charge < -0.3 is 45.1 Å². The van der Waals surface area contributed by atoms with E-state index in [2.05, 4.69) is 17.2 Å². The van der Waals surface area contributed by atoms with Crippen LogP contribution in [-0.2, 0) is 14.3 Å². The number of nitrogens with zero attached hydrogens (tertiary/aromatic N) is 1. The Kier molecular flexibility index (Phi) is 14.1. The van der Waals surface area contributed by atoms with E-state index in [1.54, 1.807) is 62.1 Å². The third-order valence-electron chi connectivity index (χ3n) is 7.22. The second-order valence-electron chi connectivity index (χ2n) is 12.2. The zero-order chi connectivity index (χ0) is 34.4. The van der Waals surface area contributed by atoms with Crippen LogP contribution in [0.3, 0.4) is 0 Å². The van der Waals surface area contributed by atoms with Gasteiger partial charge in [0, 0.05) is 37.3 Å². The molecule has 0 unspecified atom stereocenters. The number of carbonyl (C=O) groups is 3. The number of aliphatic hydroxyl groups excluding tert-OH is 3. The fraction of sp³-hybridized carbons (Fsp3) is 0.457. The zero-order valence-corrected chi connectivity index (χ0v) is 27.3. The molecule has 0 radical (unpaired) electrons. The maximum absolute atomic E-state index is 12.9. The summed E-state index contributed by atoms with van der Waals surface area (Å²) in [7, 11) is 0. The fourth-order valence-corrected chi connectivity index (χ4v) is 4.66. The van der Waals surface area contributed by atoms with Crippen LogP contribution >= 0.6 is 0 Å². The zero-order valence-electron chi connectivity index (χ0n) is 27.3. The van der Waals surface area contributed by atoms with E-state index in [9.17, 15) is 29.7 Å². The number of carbonyl (C=O) groups excluding carboxylic acids is 3. The molecule has 0 saturated carbocycles. The molecule has 0 aliphatic carbocycles. The largest absolute Gasteiger partial charge is 0.512 e. The van der Waals surface area contributed by atoms with Gasteiger partial charge in [0.25, 0.3) is 12.2 Å². The van der Waals surface area contributed by atoms with Crippen LogP contribution in [-0.4, -0.2) is 81.9 Å². The number of nitrogens with one attached hydrogen (secondary N) is 2. The van der Waals surface area contributed by atoms with E-state index in [0.717, 1.165) is 32.1 Å². The molecule has 0 spiro atoms. The molecule has 1 saturated heterocycles. The summed E-state index contributed by atoms with van der Waals surface area (Å²) in [5, 5.41) is 35.2. The first kappa shape index (κ1) is 36.9. The molecule has 1 heterocycles. The second kappa shape index (κ2) is 18.0. The normalized spacial score (nSPS) is 18.6. The molecule has 47 heavy (non-hydrogen) atoms. The van der Waals surface area contributed by atoms with Crippen LogP contribution in [0.5, 0.6) is 5.75 Å². The molecule has 3 rings (SSSR count). The van der Waals surface area contributed by atoms with E-state index in [1.165, 1.54) is 0 Å². The molecule has 1 aliphatic heterocycles. The smallest absolute Gasteiger partial charge is 0.410 e. The van der Waals surface area contributed by atoms with Gasteiger partial charge in [-0.2, -0.15) is 0 Å². The number of rotatable bonds is 15. The summed E-state index contributed by atoms with van der Waals surface area (Å²) < 4.78 is 16.5. The highest BCUT2D eigenvalue weighted by Gasteiger charge is 2.38. The van der Waals surface area contributed by atoms with Crippen molar-refractivity contribution in [2.75, 3.05) is 25.0 Å². The molecule has 0 bridgehead atoms. The summed E-state index contributed by atoms with van der Waals surface area (Å²) in [6.07, 6.45) is 0.638. The monoisotopic (exact) mass is 653 g/mol. The highest BCUT2D eigenvalue weighted by atomic mass is 16.7. The maximum Gasteiger partial charge on any atom is 0.410 e. The third kappa shape index (κ3) is 12.3. The topological polar surface area (TPSA) is 167 Å². The number of ether oxygens (including phenoxy) is 3. The van der Waals surface area contributed by atoms with Gasteiger partial charge >= 0.3 is 6.09 Å². The lowest BCUT2D eigenvalue weighted by molar-refractivity contribution is -0.142. The van der Waals surface area contributed by atoms with E-state index in [4.69, 9.17) is 14.2 Å². The minimum atomic E-state index is -1.35. The predicted octanol–water partition coefficient (Wildman–Crippen LogP) is 5.05. The van der Waals surface area contributed by atoms with E-state index in [0.29, 0.717) is 36.4 Å². The lowest BCUT2D eigenvalue weighted by atomic mass is 10.0. The molecule has 256 valence electrons. The van der Waals surface area contributed by atoms with Gasteiger partial charge in [0.2, 0.25) is 5.91 Å². The average molecular weight is 654 g/mol. The van der Waals surface area contributed by atoms with Crippen LogP contribution in [0.1, 0.15) is 69.7 Å². The number of aliphatic hydroxyl groups is 3. The standard InChI is InChI=1S/C35H47N3O9/c1-24-30(41)28(23-39)46-33(31(24)42)45-27-17-15-26(16-18-27)37-29(40)19-22-38(34(44)47-35(2,3)4)21-12-7-5-6-11-20-36-32(43)25-13-9-8-10-14-25/h8-10,13-18,23,30-31,33,39,41-42H,1,5-7,11-12,19-22H2,2-4H3,(H,36,43)(H,37,40)/b28-23+/t30-,31+,33-/m0/s1. The summed E-state index contributed by atoms with van der Waals surface area (Å²) in [6, 6.07) is 15.4. The second-order valence-corrected chi connectivity index (χ2v) is 12.2. The molecule has 3 amide bonds. The Balaban J connectivity index is 1.41. The average Bonchev–Trinajstić information content (AvgIpc) is 3.04. The Morgan fingerprint density at radius 1 is 0.957 bits per heavy atom. The molecule has 0 aromatic heterocycles. The lowest BCUT2D eigenvalue weighted by Crippen LogP contribution is -2.45. The van der Waals surface area contributed by atoms with Crippen molar-refractivity contribution in [3.8, 4) is 5.75 Å². The summed E-state index contributed by atoms with van der Waals surface area (Å²) >= 11 is 0. The summed E-state index contributed by atoms with van der Waals surface area (Å²) in [6.45, 7) is 10.2. The first-order valence-corrected chi connectivity index (χ1v) is 15.8. The summed E-state index contributed by atoms with van der Waals surface area (Å²) in [5.74, 6) is -0.263. The molecule has 1 fully saturated rings. The Hall–Kier alpha value is -4.55. The van der Waals surface area contributed by atoms with Gasteiger partial charge in [-0.3, -0.25) is 9.59 Å². The van der Waals surface area contributed by atoms with E-state index in [1.807, 2.05) is 18.2 Å². The van der Waals surface area contributed by atoms with E-state index in [-0.39, 0.29) is 36.1 Å². The van der Waals surface area contributed by atoms with Gasteiger partial charge in [-0.1, -0.05) is 44.0 Å². The molecule has 12 nitrogen and oxygen atoms in total. The fourth-order valence-electron chi connectivity index (χ4n) is 4.66. The van der Waals surface area contributed by atoms with Crippen LogP contribution in [0.25, 0.3) is 0 Å². The van der Waals surface area contributed by atoms with Crippen molar-refractivity contribution in [3.05, 3.63) is 84.3 Å². The first-order chi connectivity index (χ1) is 22.4. The molecule has 12 heteroatoms. The molecule has 2 aromatic rings. The highest BCUT2D eigenvalue weighted by molar-refractivity contribution is 5.94. The first-order valence-electron chi connectivity index (χ1n) is 15.8. The van der Waals surface area contributed by atoms with Gasteiger partial charge in [-0.25, -0.2) is 4.79 Å². The van der Waals surface area contributed by atoms with Gasteiger partial charge in [0.05, 0.1) is 0 Å². The van der Waals surface area contributed by atoms with Crippen LogP contribution in [0.4, 0.5) is 10.5 Å². The van der Waals surface area contributed by atoms with Gasteiger partial charge in [0.15, 0.2) is 11.9 Å². The van der Waals surface area contributed by atoms with Gasteiger partial charge in [0.1, 0.15) is 23.7 Å². The Morgan fingerprint density at radius 3 is 2.28 bits per heavy atom. The Morgan fingerprint density at radius 2 is 1.62 bits per heavy atom. The van der Waals surface area contributed by atoms with Crippen molar-refractivity contribution in [2.45, 2.75) is 83.4 Å². The highest BCUT2D eigenvalue weighted by Crippen LogP contribution is 2.29. The number of amides is 3. The van der Waals surface area contributed by atoms with Crippen LogP contribution in [0.2, 0.25) is 0 Å². The maximum atomic E-state index is 12.9. The lowest BCUT2D eigenvalue weighted by Gasteiger charge is -2.34. The molecule has 5 N–H and O–H groups in total. The summed E-state index contributed by atoms with van der Waals surface area (Å²) in [5.41, 5.74) is 0.483. The number of anilines is 1. The van der Waals surface area contributed by atoms with Crippen molar-refractivity contribution in [1.82, 2.24) is 10.2 Å². The van der Waals surface area contributed by atoms with Crippen molar-refractivity contribution >= 4 is 23.6 Å². The number of hydrogen-bond acceptors (Lipinski definition) is 9. The minimum absolute atomic E-state index is 0.0207. The van der Waals surface area contributed by atoms with Crippen molar-refractivity contribution in [2.24, 2.45) is 0 Å². The molecule has 2 aromatic carbocycles. The SMILES string of the molecule is C=C1[C@@H](O)[C@@H](Oc2ccc(NC(=O)CCN(CCCCCCCNC(=O)c3ccccc3)C(=O)OC(C)(C)C)cc2)O/C(=C/O)[C@H]1O. The molecular weight excluding hydrogens is 606 g/mol. The molecular formula is C35H47N3O9. The van der Waals surface area contributed by atoms with Crippen LogP contribution < -0.4 is 15.4 Å². The number of unbranched alkanes of at least 4 members (excludes halogenated alkanes) is 4. The van der Waals surface area contributed by atoms with Gasteiger partial charge in [-0.15, -0.1) is 0 Å². The van der Waals surface area contributed by atoms with Crippen LogP contribution in [0.15, 0.2) is 78.8 Å². The minimum Gasteiger partial charge on any atom is -0.512 e. The number of hydrogen-bond donors (Lipinski definition) is 5. The summed E-state index contributed by atoms with van der Waals surface area (Å²) in [4.78, 5) is 39.3. The Bertz CT molecular complexity index is 1360. The van der Waals surface area contributed by atoms with Crippen molar-refractivity contribution in [1.29, 1.82) is 0 Å². The van der Waals surface area contributed by atoms with E-state index < -0.39 is 30.2 Å². The number of benzene rings is 2. The van der Waals surface area contributed by atoms with Crippen LogP contribution in [0, 0.1) is 0 Å². The van der Waals surface area contributed by atoms with Gasteiger partial charge in [-0.05, 0) is 75.6 Å². The van der Waals surface area contributed by atoms with Crippen molar-refractivity contribution < 1.29 is 43.9 Å². The predicted molar refractivity (Wildman–Crippen MR) is 177 cm³/mol. The van der Waals surface area contributed by atoms with E-state index >= 15 is 0 Å².